The number of carbonyl (C=O) groups excluding carboxylic acids is 2. The fourth-order valence-electron chi connectivity index (χ4n) is 3.73. The maximum Gasteiger partial charge on any atom is 0.264 e. The van der Waals surface area contributed by atoms with Crippen LogP contribution in [0.25, 0.3) is 0 Å². The standard InChI is InChI=1S/C23H21NO4/c1-15-9-10-16(2)17(12-15)14-24-19-7-4-3-6-18(19)23(27,22(24)26)13-20(25)21-8-5-11-28-21/h3-12,27H,13-14H2,1-2H3/t23-/m1/s1. The molecular formula is C23H21NO4. The van der Waals surface area contributed by atoms with Crippen LogP contribution in [0.15, 0.2) is 65.3 Å². The molecule has 0 aliphatic carbocycles. The third-order valence-electron chi connectivity index (χ3n) is 5.28. The number of para-hydroxylation sites is 1. The van der Waals surface area contributed by atoms with E-state index in [1.807, 2.05) is 38.1 Å². The number of hydrogen-bond donors (Lipinski definition) is 1. The van der Waals surface area contributed by atoms with Gasteiger partial charge in [0.15, 0.2) is 11.4 Å². The van der Waals surface area contributed by atoms with Gasteiger partial charge in [0.05, 0.1) is 24.9 Å². The van der Waals surface area contributed by atoms with E-state index in [9.17, 15) is 14.7 Å². The van der Waals surface area contributed by atoms with Crippen molar-refractivity contribution in [3.8, 4) is 0 Å². The third-order valence-corrected chi connectivity index (χ3v) is 5.28. The number of furan rings is 1. The predicted molar refractivity (Wildman–Crippen MR) is 105 cm³/mol. The summed E-state index contributed by atoms with van der Waals surface area (Å²) < 4.78 is 5.14. The number of nitrogens with zero attached hydrogens (tertiary/aromatic N) is 1. The van der Waals surface area contributed by atoms with Gasteiger partial charge in [-0.05, 0) is 43.2 Å². The summed E-state index contributed by atoms with van der Waals surface area (Å²) >= 11 is 0. The molecule has 1 aromatic heterocycles. The zero-order valence-electron chi connectivity index (χ0n) is 15.8. The first-order valence-electron chi connectivity index (χ1n) is 9.17. The van der Waals surface area contributed by atoms with Gasteiger partial charge in [-0.25, -0.2) is 0 Å². The number of fused-ring (bicyclic) bond motifs is 1. The maximum absolute atomic E-state index is 13.3. The van der Waals surface area contributed by atoms with Crippen LogP contribution in [-0.2, 0) is 16.9 Å². The second-order valence-electron chi connectivity index (χ2n) is 7.28. The number of hydrogen-bond acceptors (Lipinski definition) is 4. The molecule has 3 aromatic rings. The van der Waals surface area contributed by atoms with Gasteiger partial charge in [-0.2, -0.15) is 0 Å². The van der Waals surface area contributed by atoms with E-state index in [-0.39, 0.29) is 12.2 Å². The number of ketones is 1. The molecule has 1 aliphatic rings. The van der Waals surface area contributed by atoms with Crippen molar-refractivity contribution >= 4 is 17.4 Å². The van der Waals surface area contributed by atoms with Crippen molar-refractivity contribution in [2.45, 2.75) is 32.4 Å². The van der Waals surface area contributed by atoms with Crippen molar-refractivity contribution in [2.24, 2.45) is 0 Å². The van der Waals surface area contributed by atoms with Crippen molar-refractivity contribution in [3.63, 3.8) is 0 Å². The second kappa shape index (κ2) is 6.77. The van der Waals surface area contributed by atoms with Crippen LogP contribution in [-0.4, -0.2) is 16.8 Å². The summed E-state index contributed by atoms with van der Waals surface area (Å²) in [5.41, 5.74) is 2.35. The van der Waals surface area contributed by atoms with Crippen LogP contribution in [0, 0.1) is 13.8 Å². The predicted octanol–water partition coefficient (Wildman–Crippen LogP) is 3.90. The zero-order chi connectivity index (χ0) is 19.9. The first-order chi connectivity index (χ1) is 13.4. The summed E-state index contributed by atoms with van der Waals surface area (Å²) in [6, 6.07) is 16.3. The lowest BCUT2D eigenvalue weighted by atomic mass is 9.89. The summed E-state index contributed by atoms with van der Waals surface area (Å²) in [5, 5.41) is 11.3. The highest BCUT2D eigenvalue weighted by atomic mass is 16.3. The minimum Gasteiger partial charge on any atom is -0.461 e. The Labute approximate surface area is 163 Å². The average molecular weight is 375 g/mol. The molecule has 0 fully saturated rings. The molecular weight excluding hydrogens is 354 g/mol. The van der Waals surface area contributed by atoms with Gasteiger partial charge in [0.1, 0.15) is 0 Å². The van der Waals surface area contributed by atoms with E-state index in [1.165, 1.54) is 12.3 Å². The molecule has 1 N–H and O–H groups in total. The first kappa shape index (κ1) is 18.2. The lowest BCUT2D eigenvalue weighted by molar-refractivity contribution is -0.136. The highest BCUT2D eigenvalue weighted by Gasteiger charge is 2.51. The topological polar surface area (TPSA) is 70.8 Å². The molecule has 0 saturated heterocycles. The SMILES string of the molecule is Cc1ccc(C)c(CN2C(=O)[C@@](O)(CC(=O)c3ccco3)c3ccccc32)c1. The largest absolute Gasteiger partial charge is 0.461 e. The number of rotatable bonds is 5. The summed E-state index contributed by atoms with van der Waals surface area (Å²) in [6.45, 7) is 4.33. The maximum atomic E-state index is 13.3. The van der Waals surface area contributed by atoms with E-state index in [2.05, 4.69) is 0 Å². The average Bonchev–Trinajstić information content (AvgIpc) is 3.28. The second-order valence-corrected chi connectivity index (χ2v) is 7.28. The fourth-order valence-corrected chi connectivity index (χ4v) is 3.73. The van der Waals surface area contributed by atoms with Gasteiger partial charge in [0.25, 0.3) is 5.91 Å². The lowest BCUT2D eigenvalue weighted by Crippen LogP contribution is -2.41. The molecule has 2 heterocycles. The van der Waals surface area contributed by atoms with Crippen molar-refractivity contribution in [3.05, 3.63) is 88.9 Å². The van der Waals surface area contributed by atoms with E-state index >= 15 is 0 Å². The smallest absolute Gasteiger partial charge is 0.264 e. The molecule has 2 aromatic carbocycles. The third kappa shape index (κ3) is 2.94. The van der Waals surface area contributed by atoms with Gasteiger partial charge < -0.3 is 14.4 Å². The Balaban J connectivity index is 1.71. The highest BCUT2D eigenvalue weighted by molar-refractivity contribution is 6.10. The Bertz CT molecular complexity index is 1050. The molecule has 142 valence electrons. The Morgan fingerprint density at radius 2 is 1.89 bits per heavy atom. The van der Waals surface area contributed by atoms with Gasteiger partial charge in [-0.15, -0.1) is 0 Å². The van der Waals surface area contributed by atoms with Gasteiger partial charge in [-0.1, -0.05) is 42.0 Å². The van der Waals surface area contributed by atoms with E-state index in [1.54, 1.807) is 29.2 Å². The van der Waals surface area contributed by atoms with Crippen LogP contribution in [0.5, 0.6) is 0 Å². The molecule has 5 heteroatoms. The van der Waals surface area contributed by atoms with Crippen LogP contribution >= 0.6 is 0 Å². The molecule has 1 amide bonds. The molecule has 28 heavy (non-hydrogen) atoms. The minimum atomic E-state index is -1.90. The Morgan fingerprint density at radius 3 is 2.64 bits per heavy atom. The summed E-state index contributed by atoms with van der Waals surface area (Å²) in [6.07, 6.45) is 1.04. The van der Waals surface area contributed by atoms with Crippen LogP contribution < -0.4 is 4.90 Å². The number of carbonyl (C=O) groups is 2. The molecule has 0 radical (unpaired) electrons. The molecule has 0 spiro atoms. The number of aliphatic hydroxyl groups is 1. The Hall–Kier alpha value is -3.18. The molecule has 1 atom stereocenters. The zero-order valence-corrected chi connectivity index (χ0v) is 15.8. The molecule has 0 bridgehead atoms. The quantitative estimate of drug-likeness (QED) is 0.687. The number of benzene rings is 2. The van der Waals surface area contributed by atoms with Crippen molar-refractivity contribution in [1.82, 2.24) is 0 Å². The number of aryl methyl sites for hydroxylation is 2. The van der Waals surface area contributed by atoms with E-state index < -0.39 is 17.3 Å². The minimum absolute atomic E-state index is 0.131. The lowest BCUT2D eigenvalue weighted by Gasteiger charge is -2.23. The van der Waals surface area contributed by atoms with Crippen LogP contribution in [0.2, 0.25) is 0 Å². The summed E-state index contributed by atoms with van der Waals surface area (Å²) in [5.74, 6) is -0.773. The molecule has 0 saturated carbocycles. The summed E-state index contributed by atoms with van der Waals surface area (Å²) in [7, 11) is 0. The number of anilines is 1. The molecule has 0 unspecified atom stereocenters. The Kier molecular flexibility index (Phi) is 4.40. The van der Waals surface area contributed by atoms with Crippen molar-refractivity contribution < 1.29 is 19.1 Å². The van der Waals surface area contributed by atoms with Crippen molar-refractivity contribution in [1.29, 1.82) is 0 Å². The van der Waals surface area contributed by atoms with Crippen LogP contribution in [0.1, 0.15) is 39.2 Å². The van der Waals surface area contributed by atoms with E-state index in [4.69, 9.17) is 4.42 Å². The molecule has 1 aliphatic heterocycles. The molecule has 4 rings (SSSR count). The van der Waals surface area contributed by atoms with E-state index in [0.717, 1.165) is 16.7 Å². The molecule has 5 nitrogen and oxygen atoms in total. The van der Waals surface area contributed by atoms with Gasteiger partial charge in [0.2, 0.25) is 5.78 Å². The highest BCUT2D eigenvalue weighted by Crippen LogP contribution is 2.43. The van der Waals surface area contributed by atoms with Gasteiger partial charge >= 0.3 is 0 Å². The summed E-state index contributed by atoms with van der Waals surface area (Å²) in [4.78, 5) is 27.4. The number of amides is 1. The first-order valence-corrected chi connectivity index (χ1v) is 9.17. The van der Waals surface area contributed by atoms with E-state index in [0.29, 0.717) is 17.8 Å². The monoisotopic (exact) mass is 375 g/mol. The van der Waals surface area contributed by atoms with Crippen molar-refractivity contribution in [2.75, 3.05) is 4.90 Å². The van der Waals surface area contributed by atoms with Gasteiger partial charge in [-0.3, -0.25) is 9.59 Å². The number of Topliss-reactive ketones (excluding diaryl/α,β-unsaturated/α-hetero) is 1. The fraction of sp³-hybridized carbons (Fsp3) is 0.217. The van der Waals surface area contributed by atoms with Gasteiger partial charge in [0, 0.05) is 5.56 Å². The van der Waals surface area contributed by atoms with Crippen LogP contribution in [0.4, 0.5) is 5.69 Å². The Morgan fingerprint density at radius 1 is 1.11 bits per heavy atom. The van der Waals surface area contributed by atoms with Crippen LogP contribution in [0.3, 0.4) is 0 Å². The normalized spacial score (nSPS) is 18.4.